The second-order valence-electron chi connectivity index (χ2n) is 5.89. The van der Waals surface area contributed by atoms with Crippen molar-refractivity contribution < 1.29 is 14.7 Å². The van der Waals surface area contributed by atoms with Gasteiger partial charge in [-0.2, -0.15) is 0 Å². The maximum atomic E-state index is 11.7. The smallest absolute Gasteiger partial charge is 0.308 e. The van der Waals surface area contributed by atoms with Crippen LogP contribution < -0.4 is 5.32 Å². The number of alkyl halides is 2. The summed E-state index contributed by atoms with van der Waals surface area (Å²) in [5.41, 5.74) is -0.522. The van der Waals surface area contributed by atoms with Gasteiger partial charge in [-0.1, -0.05) is 20.8 Å². The molecule has 18 heavy (non-hydrogen) atoms. The molecular weight excluding hydrogens is 277 g/mol. The van der Waals surface area contributed by atoms with Crippen LogP contribution in [0.15, 0.2) is 0 Å². The van der Waals surface area contributed by atoms with Crippen LogP contribution in [-0.4, -0.2) is 27.9 Å². The summed E-state index contributed by atoms with van der Waals surface area (Å²) in [6.07, 6.45) is 1.01. The first kappa shape index (κ1) is 15.6. The lowest BCUT2D eigenvalue weighted by Crippen LogP contribution is -2.39. The van der Waals surface area contributed by atoms with Crippen LogP contribution in [0.1, 0.15) is 33.6 Å². The van der Waals surface area contributed by atoms with Crippen LogP contribution in [-0.2, 0) is 9.59 Å². The van der Waals surface area contributed by atoms with E-state index >= 15 is 0 Å². The fraction of sp³-hybridized carbons (Fsp3) is 0.833. The number of carboxylic acids is 1. The number of carbonyl (C=O) groups is 2. The van der Waals surface area contributed by atoms with Crippen molar-refractivity contribution in [3.8, 4) is 0 Å². The highest BCUT2D eigenvalue weighted by Crippen LogP contribution is 2.55. The normalized spacial score (nSPS) is 23.3. The van der Waals surface area contributed by atoms with Gasteiger partial charge in [0.2, 0.25) is 5.91 Å². The van der Waals surface area contributed by atoms with Crippen LogP contribution in [0.5, 0.6) is 0 Å². The minimum Gasteiger partial charge on any atom is -0.481 e. The highest BCUT2D eigenvalue weighted by molar-refractivity contribution is 6.50. The van der Waals surface area contributed by atoms with Gasteiger partial charge in [0, 0.05) is 12.0 Å². The highest BCUT2D eigenvalue weighted by atomic mass is 35.5. The Balaban J connectivity index is 2.45. The molecule has 0 saturated heterocycles. The second kappa shape index (κ2) is 5.25. The van der Waals surface area contributed by atoms with Crippen molar-refractivity contribution in [2.24, 2.45) is 17.3 Å². The molecule has 4 nitrogen and oxygen atoms in total. The average Bonchev–Trinajstić information content (AvgIpc) is 2.78. The fourth-order valence-electron chi connectivity index (χ4n) is 1.62. The molecule has 1 amide bonds. The van der Waals surface area contributed by atoms with Gasteiger partial charge in [0.1, 0.15) is 4.33 Å². The third-order valence-electron chi connectivity index (χ3n) is 3.06. The van der Waals surface area contributed by atoms with Gasteiger partial charge in [-0.3, -0.25) is 9.59 Å². The van der Waals surface area contributed by atoms with E-state index in [1.807, 2.05) is 0 Å². The van der Waals surface area contributed by atoms with E-state index in [9.17, 15) is 9.59 Å². The third kappa shape index (κ3) is 4.32. The predicted octanol–water partition coefficient (Wildman–Crippen LogP) is 2.43. The van der Waals surface area contributed by atoms with Gasteiger partial charge in [-0.05, 0) is 18.8 Å². The summed E-state index contributed by atoms with van der Waals surface area (Å²) in [6, 6.07) is 0. The number of rotatable bonds is 5. The number of halogens is 2. The number of hydrogen-bond acceptors (Lipinski definition) is 2. The van der Waals surface area contributed by atoms with Gasteiger partial charge in [0.25, 0.3) is 0 Å². The summed E-state index contributed by atoms with van der Waals surface area (Å²) in [6.45, 7) is 5.45. The Morgan fingerprint density at radius 3 is 2.28 bits per heavy atom. The average molecular weight is 296 g/mol. The Morgan fingerprint density at radius 2 is 1.94 bits per heavy atom. The summed E-state index contributed by atoms with van der Waals surface area (Å²) in [5.74, 6) is -1.72. The fourth-order valence-corrected chi connectivity index (χ4v) is 2.17. The van der Waals surface area contributed by atoms with Gasteiger partial charge in [-0.15, -0.1) is 23.2 Å². The molecule has 104 valence electrons. The summed E-state index contributed by atoms with van der Waals surface area (Å²) in [5, 5.41) is 11.8. The molecule has 0 aromatic rings. The number of aliphatic carboxylic acids is 1. The minimum atomic E-state index is -0.930. The molecule has 1 aliphatic carbocycles. The first-order valence-electron chi connectivity index (χ1n) is 5.93. The quantitative estimate of drug-likeness (QED) is 0.766. The zero-order chi connectivity index (χ0) is 14.1. The van der Waals surface area contributed by atoms with Gasteiger partial charge in [0.05, 0.1) is 5.92 Å². The summed E-state index contributed by atoms with van der Waals surface area (Å²) < 4.78 is -0.776. The first-order chi connectivity index (χ1) is 8.04. The van der Waals surface area contributed by atoms with Crippen molar-refractivity contribution in [3.63, 3.8) is 0 Å². The molecule has 0 spiro atoms. The molecule has 0 radical (unpaired) electrons. The van der Waals surface area contributed by atoms with Crippen molar-refractivity contribution in [1.82, 2.24) is 5.32 Å². The van der Waals surface area contributed by atoms with Gasteiger partial charge in [0.15, 0.2) is 0 Å². The maximum absolute atomic E-state index is 11.7. The van der Waals surface area contributed by atoms with Crippen LogP contribution in [0, 0.1) is 17.3 Å². The molecule has 0 aromatic carbocycles. The molecule has 1 aliphatic rings. The van der Waals surface area contributed by atoms with Crippen LogP contribution in [0.4, 0.5) is 0 Å². The van der Waals surface area contributed by atoms with E-state index in [0.717, 1.165) is 0 Å². The van der Waals surface area contributed by atoms with Gasteiger partial charge >= 0.3 is 5.97 Å². The number of carboxylic acid groups (broad SMARTS) is 1. The monoisotopic (exact) mass is 295 g/mol. The molecular formula is C12H19Cl2NO3. The van der Waals surface area contributed by atoms with Crippen molar-refractivity contribution >= 4 is 35.1 Å². The Bertz CT molecular complexity index is 350. The standard InChI is InChI=1S/C12H19Cl2NO3/c1-11(2,3)10(18)15-6-7(9(16)17)4-8-5-12(8,13)14/h7-8H,4-6H2,1-3H3,(H,15,18)(H,16,17). The van der Waals surface area contributed by atoms with Gasteiger partial charge < -0.3 is 10.4 Å². The Kier molecular flexibility index (Phi) is 4.55. The first-order valence-corrected chi connectivity index (χ1v) is 6.68. The van der Waals surface area contributed by atoms with Crippen LogP contribution >= 0.6 is 23.2 Å². The Labute approximate surface area is 117 Å². The summed E-state index contributed by atoms with van der Waals surface area (Å²) in [7, 11) is 0. The lowest BCUT2D eigenvalue weighted by atomic mass is 9.95. The summed E-state index contributed by atoms with van der Waals surface area (Å²) in [4.78, 5) is 22.8. The van der Waals surface area contributed by atoms with E-state index in [2.05, 4.69) is 5.32 Å². The van der Waals surface area contributed by atoms with E-state index in [0.29, 0.717) is 12.8 Å². The lowest BCUT2D eigenvalue weighted by molar-refractivity contribution is -0.142. The van der Waals surface area contributed by atoms with Crippen LogP contribution in [0.25, 0.3) is 0 Å². The van der Waals surface area contributed by atoms with Crippen molar-refractivity contribution in [3.05, 3.63) is 0 Å². The molecule has 6 heteroatoms. The Morgan fingerprint density at radius 1 is 1.44 bits per heavy atom. The van der Waals surface area contributed by atoms with E-state index in [4.69, 9.17) is 28.3 Å². The van der Waals surface area contributed by atoms with Crippen LogP contribution in [0.3, 0.4) is 0 Å². The molecule has 2 unspecified atom stereocenters. The topological polar surface area (TPSA) is 66.4 Å². The molecule has 0 aliphatic heterocycles. The minimum absolute atomic E-state index is 0.00784. The number of nitrogens with one attached hydrogen (secondary N) is 1. The molecule has 2 N–H and O–H groups in total. The molecule has 1 rings (SSSR count). The van der Waals surface area contributed by atoms with Crippen molar-refractivity contribution in [1.29, 1.82) is 0 Å². The third-order valence-corrected chi connectivity index (χ3v) is 3.99. The SMILES string of the molecule is CC(C)(C)C(=O)NCC(CC1CC1(Cl)Cl)C(=O)O. The summed E-state index contributed by atoms with van der Waals surface area (Å²) >= 11 is 11.8. The van der Waals surface area contributed by atoms with E-state index in [1.165, 1.54) is 0 Å². The highest BCUT2D eigenvalue weighted by Gasteiger charge is 2.52. The molecule has 1 fully saturated rings. The van der Waals surface area contributed by atoms with E-state index in [1.54, 1.807) is 20.8 Å². The van der Waals surface area contributed by atoms with E-state index in [-0.39, 0.29) is 18.4 Å². The number of hydrogen-bond donors (Lipinski definition) is 2. The molecule has 1 saturated carbocycles. The van der Waals surface area contributed by atoms with Gasteiger partial charge in [-0.25, -0.2) is 0 Å². The molecule has 0 bridgehead atoms. The zero-order valence-electron chi connectivity index (χ0n) is 10.8. The number of amides is 1. The largest absolute Gasteiger partial charge is 0.481 e. The molecule has 2 atom stereocenters. The second-order valence-corrected chi connectivity index (χ2v) is 7.44. The Hall–Kier alpha value is -0.480. The lowest BCUT2D eigenvalue weighted by Gasteiger charge is -2.20. The van der Waals surface area contributed by atoms with Crippen LogP contribution in [0.2, 0.25) is 0 Å². The molecule has 0 aromatic heterocycles. The van der Waals surface area contributed by atoms with E-state index < -0.39 is 21.6 Å². The van der Waals surface area contributed by atoms with Crippen molar-refractivity contribution in [2.45, 2.75) is 37.9 Å². The maximum Gasteiger partial charge on any atom is 0.308 e. The predicted molar refractivity (Wildman–Crippen MR) is 70.8 cm³/mol. The number of carbonyl (C=O) groups excluding carboxylic acids is 1. The zero-order valence-corrected chi connectivity index (χ0v) is 12.3. The molecule has 0 heterocycles. The van der Waals surface area contributed by atoms with Crippen molar-refractivity contribution in [2.75, 3.05) is 6.54 Å².